The van der Waals surface area contributed by atoms with Crippen LogP contribution in [0.3, 0.4) is 0 Å². The van der Waals surface area contributed by atoms with E-state index in [4.69, 9.17) is 4.42 Å². The molecule has 0 saturated heterocycles. The number of aromatic amines is 1. The molecule has 0 aliphatic carbocycles. The average molecular weight is 611 g/mol. The summed E-state index contributed by atoms with van der Waals surface area (Å²) in [6.07, 6.45) is 7.57. The number of imidazole rings is 1. The lowest BCUT2D eigenvalue weighted by Crippen LogP contribution is -2.20. The molecule has 46 heavy (non-hydrogen) atoms. The second kappa shape index (κ2) is 13.5. The Labute approximate surface area is 266 Å². The summed E-state index contributed by atoms with van der Waals surface area (Å²) in [6.45, 7) is 3.81. The zero-order chi connectivity index (χ0) is 32.0. The predicted molar refractivity (Wildman–Crippen MR) is 181 cm³/mol. The number of carbonyl (C=O) groups is 2. The molecule has 8 nitrogen and oxygen atoms in total. The van der Waals surface area contributed by atoms with Gasteiger partial charge in [-0.05, 0) is 110 Å². The number of fused-ring (bicyclic) bond motifs is 1. The van der Waals surface area contributed by atoms with Gasteiger partial charge in [0.2, 0.25) is 0 Å². The predicted octanol–water partition coefficient (Wildman–Crippen LogP) is 7.87. The van der Waals surface area contributed by atoms with Crippen LogP contribution >= 0.6 is 0 Å². The minimum atomic E-state index is -0.616. The van der Waals surface area contributed by atoms with Crippen LogP contribution in [-0.4, -0.2) is 21.8 Å². The first-order valence-corrected chi connectivity index (χ1v) is 15.3. The van der Waals surface area contributed by atoms with Gasteiger partial charge in [0.15, 0.2) is 11.2 Å². The van der Waals surface area contributed by atoms with Gasteiger partial charge in [-0.1, -0.05) is 42.5 Å². The van der Waals surface area contributed by atoms with Gasteiger partial charge < -0.3 is 20.0 Å². The van der Waals surface area contributed by atoms with E-state index in [9.17, 15) is 14.4 Å². The van der Waals surface area contributed by atoms with Gasteiger partial charge in [-0.25, -0.2) is 4.98 Å². The van der Waals surface area contributed by atoms with Crippen LogP contribution in [-0.2, 0) is 12.8 Å². The molecule has 8 heteroatoms. The van der Waals surface area contributed by atoms with E-state index in [1.165, 1.54) is 17.2 Å². The van der Waals surface area contributed by atoms with Crippen molar-refractivity contribution in [2.24, 2.45) is 0 Å². The molecule has 2 heterocycles. The Balaban J connectivity index is 1.07. The molecule has 0 aliphatic heterocycles. The number of anilines is 2. The summed E-state index contributed by atoms with van der Waals surface area (Å²) in [4.78, 5) is 46.4. The van der Waals surface area contributed by atoms with E-state index in [1.807, 2.05) is 44.3 Å². The maximum atomic E-state index is 13.4. The molecule has 0 saturated carbocycles. The van der Waals surface area contributed by atoms with Crippen LogP contribution in [0.1, 0.15) is 56.0 Å². The molecule has 3 N–H and O–H groups in total. The maximum absolute atomic E-state index is 13.4. The van der Waals surface area contributed by atoms with Crippen LogP contribution in [0.4, 0.5) is 11.4 Å². The molecule has 0 spiro atoms. The van der Waals surface area contributed by atoms with Gasteiger partial charge in [-0.15, -0.1) is 0 Å². The van der Waals surface area contributed by atoms with E-state index < -0.39 is 5.91 Å². The van der Waals surface area contributed by atoms with Crippen molar-refractivity contribution < 1.29 is 14.0 Å². The van der Waals surface area contributed by atoms with Crippen molar-refractivity contribution in [3.8, 4) is 11.3 Å². The number of amides is 2. The Morgan fingerprint density at radius 3 is 2.33 bits per heavy atom. The van der Waals surface area contributed by atoms with Crippen molar-refractivity contribution in [2.75, 3.05) is 10.6 Å². The van der Waals surface area contributed by atoms with Gasteiger partial charge in [0, 0.05) is 11.8 Å². The molecule has 4 aromatic carbocycles. The van der Waals surface area contributed by atoms with E-state index in [0.29, 0.717) is 27.9 Å². The first kappa shape index (κ1) is 30.3. The highest BCUT2D eigenvalue weighted by atomic mass is 16.3. The molecule has 0 aliphatic rings. The van der Waals surface area contributed by atoms with E-state index in [-0.39, 0.29) is 17.1 Å². The molecule has 2 aromatic heterocycles. The fourth-order valence-electron chi connectivity index (χ4n) is 5.43. The number of benzene rings is 4. The molecule has 6 aromatic rings. The molecule has 0 fully saturated rings. The molecule has 0 atom stereocenters. The van der Waals surface area contributed by atoms with Crippen molar-refractivity contribution >= 4 is 34.2 Å². The fraction of sp³-hybridized carbons (Fsp3) is 0.158. The first-order valence-electron chi connectivity index (χ1n) is 15.3. The summed E-state index contributed by atoms with van der Waals surface area (Å²) in [5.74, 6) is -1.11. The molecule has 230 valence electrons. The Morgan fingerprint density at radius 1 is 0.783 bits per heavy atom. The second-order valence-corrected chi connectivity index (χ2v) is 11.4. The van der Waals surface area contributed by atoms with Crippen molar-refractivity contribution in [1.29, 1.82) is 0 Å². The number of rotatable bonds is 10. The number of unbranched alkanes of at least 4 members (excludes halogenated alkanes) is 1. The van der Waals surface area contributed by atoms with Crippen molar-refractivity contribution in [3.05, 3.63) is 147 Å². The highest BCUT2D eigenvalue weighted by Gasteiger charge is 2.19. The monoisotopic (exact) mass is 610 g/mol. The second-order valence-electron chi connectivity index (χ2n) is 11.4. The highest BCUT2D eigenvalue weighted by molar-refractivity contribution is 6.12. The number of H-pyrrole nitrogens is 1. The number of nitrogens with zero attached hydrogens (tertiary/aromatic N) is 1. The van der Waals surface area contributed by atoms with Gasteiger partial charge >= 0.3 is 0 Å². The minimum absolute atomic E-state index is 0.133. The van der Waals surface area contributed by atoms with Crippen LogP contribution < -0.4 is 16.1 Å². The van der Waals surface area contributed by atoms with Gasteiger partial charge in [-0.3, -0.25) is 14.4 Å². The Kier molecular flexibility index (Phi) is 8.87. The third-order valence-electron chi connectivity index (χ3n) is 8.11. The number of carbonyl (C=O) groups excluding carboxylic acids is 2. The maximum Gasteiger partial charge on any atom is 0.291 e. The quantitative estimate of drug-likeness (QED) is 0.137. The molecular formula is C38H34N4O4. The van der Waals surface area contributed by atoms with Gasteiger partial charge in [0.1, 0.15) is 5.58 Å². The number of hydrogen-bond acceptors (Lipinski definition) is 5. The van der Waals surface area contributed by atoms with Crippen LogP contribution in [0, 0.1) is 13.8 Å². The molecule has 2 amide bonds. The normalized spacial score (nSPS) is 11.0. The van der Waals surface area contributed by atoms with E-state index in [2.05, 4.69) is 44.9 Å². The minimum Gasteiger partial charge on any atom is -0.451 e. The SMILES string of the molecule is Cc1cc(NC(=O)c2cc(=O)c3ccccc3o2)c(C(=O)Nc2ccc(CCCCc3cccc(-c4cnc[nH]4)c3)cc2)cc1C. The van der Waals surface area contributed by atoms with Crippen molar-refractivity contribution in [1.82, 2.24) is 9.97 Å². The Morgan fingerprint density at radius 2 is 1.54 bits per heavy atom. The number of para-hydroxylation sites is 1. The highest BCUT2D eigenvalue weighted by Crippen LogP contribution is 2.24. The van der Waals surface area contributed by atoms with Crippen LogP contribution in [0.2, 0.25) is 0 Å². The zero-order valence-electron chi connectivity index (χ0n) is 25.7. The summed E-state index contributed by atoms with van der Waals surface area (Å²) in [7, 11) is 0. The summed E-state index contributed by atoms with van der Waals surface area (Å²) in [6, 6.07) is 27.8. The average Bonchev–Trinajstić information content (AvgIpc) is 3.61. The van der Waals surface area contributed by atoms with Gasteiger partial charge in [-0.2, -0.15) is 0 Å². The largest absolute Gasteiger partial charge is 0.451 e. The van der Waals surface area contributed by atoms with Gasteiger partial charge in [0.05, 0.1) is 34.9 Å². The number of aryl methyl sites for hydroxylation is 4. The summed E-state index contributed by atoms with van der Waals surface area (Å²) >= 11 is 0. The first-order chi connectivity index (χ1) is 22.3. The number of aromatic nitrogens is 2. The zero-order valence-corrected chi connectivity index (χ0v) is 25.7. The topological polar surface area (TPSA) is 117 Å². The summed E-state index contributed by atoms with van der Waals surface area (Å²) in [5, 5.41) is 6.12. The molecule has 0 radical (unpaired) electrons. The van der Waals surface area contributed by atoms with E-state index in [1.54, 1.807) is 42.7 Å². The standard InChI is InChI=1S/C38H34N4O4/c1-24-18-31(32(19-25(24)2)42-38(45)36-21-34(43)30-12-5-6-13-35(30)46-36)37(44)41-29-16-14-26(15-17-29)8-3-4-9-27-10-7-11-28(20-27)33-22-39-23-40-33/h5-7,10-23H,3-4,8-9H2,1-2H3,(H,39,40)(H,41,44)(H,42,45). The lowest BCUT2D eigenvalue weighted by molar-refractivity contribution is 0.0997. The number of hydrogen-bond donors (Lipinski definition) is 3. The molecular weight excluding hydrogens is 576 g/mol. The third-order valence-corrected chi connectivity index (χ3v) is 8.11. The van der Waals surface area contributed by atoms with Crippen LogP contribution in [0.25, 0.3) is 22.2 Å². The Bertz CT molecular complexity index is 2080. The van der Waals surface area contributed by atoms with E-state index in [0.717, 1.165) is 48.1 Å². The fourth-order valence-corrected chi connectivity index (χ4v) is 5.43. The molecule has 0 unspecified atom stereocenters. The lowest BCUT2D eigenvalue weighted by atomic mass is 10.0. The summed E-state index contributed by atoms with van der Waals surface area (Å²) in [5.41, 5.74) is 7.75. The smallest absolute Gasteiger partial charge is 0.291 e. The lowest BCUT2D eigenvalue weighted by Gasteiger charge is -2.14. The van der Waals surface area contributed by atoms with Crippen molar-refractivity contribution in [3.63, 3.8) is 0 Å². The van der Waals surface area contributed by atoms with Gasteiger partial charge in [0.25, 0.3) is 11.8 Å². The van der Waals surface area contributed by atoms with Crippen molar-refractivity contribution in [2.45, 2.75) is 39.5 Å². The summed E-state index contributed by atoms with van der Waals surface area (Å²) < 4.78 is 5.70. The Hall–Kier alpha value is -5.76. The molecule has 0 bridgehead atoms. The molecule has 6 rings (SSSR count). The van der Waals surface area contributed by atoms with Crippen LogP contribution in [0.5, 0.6) is 0 Å². The van der Waals surface area contributed by atoms with E-state index >= 15 is 0 Å². The van der Waals surface area contributed by atoms with Crippen LogP contribution in [0.15, 0.2) is 113 Å². The number of nitrogens with one attached hydrogen (secondary N) is 3. The third kappa shape index (κ3) is 6.97.